The van der Waals surface area contributed by atoms with Gasteiger partial charge in [-0.1, -0.05) is 57.6 Å². The molecule has 0 aliphatic carbocycles. The van der Waals surface area contributed by atoms with Crippen molar-refractivity contribution in [2.75, 3.05) is 0 Å². The molecule has 3 nitrogen and oxygen atoms in total. The molecule has 21 heavy (non-hydrogen) atoms. The van der Waals surface area contributed by atoms with Crippen LogP contribution < -0.4 is 0 Å². The number of hydrogen-bond acceptors (Lipinski definition) is 2. The van der Waals surface area contributed by atoms with Crippen molar-refractivity contribution < 1.29 is 14.7 Å². The molecule has 0 radical (unpaired) electrons. The monoisotopic (exact) mass is 296 g/mol. The van der Waals surface area contributed by atoms with E-state index in [1.807, 2.05) is 6.08 Å². The molecule has 0 saturated heterocycles. The number of Topliss-reactive ketones (excluding diaryl/α,β-unsaturated/α-hetero) is 1. The lowest BCUT2D eigenvalue weighted by Crippen LogP contribution is -1.96. The van der Waals surface area contributed by atoms with E-state index in [-0.39, 0.29) is 6.42 Å². The maximum atomic E-state index is 11.6. The van der Waals surface area contributed by atoms with Crippen molar-refractivity contribution in [3.63, 3.8) is 0 Å². The summed E-state index contributed by atoms with van der Waals surface area (Å²) < 4.78 is 0. The van der Waals surface area contributed by atoms with Gasteiger partial charge in [-0.25, -0.2) is 0 Å². The third-order valence-corrected chi connectivity index (χ3v) is 3.58. The number of unbranched alkanes of at least 4 members (excludes halogenated alkanes) is 8. The molecular formula is C18H32O3. The Labute approximate surface area is 129 Å². The van der Waals surface area contributed by atoms with Crippen molar-refractivity contribution >= 4 is 11.8 Å². The summed E-state index contributed by atoms with van der Waals surface area (Å²) in [6, 6.07) is 0. The van der Waals surface area contributed by atoms with E-state index >= 15 is 0 Å². The molecule has 0 saturated carbocycles. The van der Waals surface area contributed by atoms with Crippen LogP contribution in [0.2, 0.25) is 0 Å². The number of carbonyl (C=O) groups excluding carboxylic acids is 1. The minimum Gasteiger partial charge on any atom is -0.481 e. The summed E-state index contributed by atoms with van der Waals surface area (Å²) in [6.45, 7) is 2.21. The molecular weight excluding hydrogens is 264 g/mol. The highest BCUT2D eigenvalue weighted by molar-refractivity contribution is 5.79. The number of carboxylic acids is 1. The van der Waals surface area contributed by atoms with Gasteiger partial charge in [0.25, 0.3) is 0 Å². The second-order valence-electron chi connectivity index (χ2n) is 5.73. The number of aliphatic carboxylic acids is 1. The highest BCUT2D eigenvalue weighted by Crippen LogP contribution is 2.09. The van der Waals surface area contributed by atoms with Crippen LogP contribution in [0.4, 0.5) is 0 Å². The lowest BCUT2D eigenvalue weighted by molar-refractivity contribution is -0.137. The first-order valence-electron chi connectivity index (χ1n) is 8.55. The van der Waals surface area contributed by atoms with Crippen LogP contribution in [0.3, 0.4) is 0 Å². The lowest BCUT2D eigenvalue weighted by atomic mass is 10.1. The maximum Gasteiger partial charge on any atom is 0.303 e. The Hall–Kier alpha value is -1.12. The highest BCUT2D eigenvalue weighted by atomic mass is 16.4. The van der Waals surface area contributed by atoms with Crippen molar-refractivity contribution in [1.29, 1.82) is 0 Å². The van der Waals surface area contributed by atoms with Crippen LogP contribution >= 0.6 is 0 Å². The van der Waals surface area contributed by atoms with Crippen molar-refractivity contribution in [3.8, 4) is 0 Å². The molecule has 0 fully saturated rings. The van der Waals surface area contributed by atoms with E-state index in [9.17, 15) is 9.59 Å². The van der Waals surface area contributed by atoms with Gasteiger partial charge in [-0.15, -0.1) is 0 Å². The van der Waals surface area contributed by atoms with Crippen LogP contribution in [-0.4, -0.2) is 16.9 Å². The Morgan fingerprint density at radius 3 is 2.10 bits per heavy atom. The van der Waals surface area contributed by atoms with Crippen molar-refractivity contribution in [2.24, 2.45) is 0 Å². The zero-order chi connectivity index (χ0) is 15.8. The molecule has 0 rings (SSSR count). The molecule has 3 heteroatoms. The number of carbonyl (C=O) groups is 2. The average molecular weight is 296 g/mol. The molecule has 1 N–H and O–H groups in total. The van der Waals surface area contributed by atoms with Gasteiger partial charge < -0.3 is 5.11 Å². The number of ketones is 1. The van der Waals surface area contributed by atoms with E-state index in [0.29, 0.717) is 18.6 Å². The Morgan fingerprint density at radius 2 is 1.43 bits per heavy atom. The molecule has 0 bridgehead atoms. The van der Waals surface area contributed by atoms with Gasteiger partial charge in [0.2, 0.25) is 0 Å². The fourth-order valence-corrected chi connectivity index (χ4v) is 2.25. The van der Waals surface area contributed by atoms with Gasteiger partial charge in [0.1, 0.15) is 5.78 Å². The summed E-state index contributed by atoms with van der Waals surface area (Å²) in [4.78, 5) is 22.0. The SMILES string of the molecule is CCCCCC/C=C\CC(=O)CCCCCCCC(=O)O. The molecule has 0 aliphatic heterocycles. The highest BCUT2D eigenvalue weighted by Gasteiger charge is 2.00. The van der Waals surface area contributed by atoms with E-state index in [1.165, 1.54) is 25.7 Å². The first-order chi connectivity index (χ1) is 10.2. The first-order valence-corrected chi connectivity index (χ1v) is 8.55. The lowest BCUT2D eigenvalue weighted by Gasteiger charge is -2.00. The molecule has 0 aliphatic rings. The Bertz CT molecular complexity index is 295. The van der Waals surface area contributed by atoms with E-state index in [1.54, 1.807) is 0 Å². The van der Waals surface area contributed by atoms with Crippen molar-refractivity contribution in [3.05, 3.63) is 12.2 Å². The number of hydrogen-bond donors (Lipinski definition) is 1. The third kappa shape index (κ3) is 16.8. The summed E-state index contributed by atoms with van der Waals surface area (Å²) in [7, 11) is 0. The Balaban J connectivity index is 3.30. The number of rotatable bonds is 15. The van der Waals surface area contributed by atoms with E-state index in [2.05, 4.69) is 13.0 Å². The molecule has 0 unspecified atom stereocenters. The molecule has 0 aromatic rings. The predicted octanol–water partition coefficient (Wildman–Crippen LogP) is 5.29. The van der Waals surface area contributed by atoms with Gasteiger partial charge in [0.05, 0.1) is 0 Å². The fraction of sp³-hybridized carbons (Fsp3) is 0.778. The molecule has 0 heterocycles. The Morgan fingerprint density at radius 1 is 0.810 bits per heavy atom. The van der Waals surface area contributed by atoms with Crippen molar-refractivity contribution in [2.45, 2.75) is 90.4 Å². The molecule has 0 atom stereocenters. The van der Waals surface area contributed by atoms with Gasteiger partial charge >= 0.3 is 5.97 Å². The second-order valence-corrected chi connectivity index (χ2v) is 5.73. The predicted molar refractivity (Wildman–Crippen MR) is 87.5 cm³/mol. The van der Waals surface area contributed by atoms with Crippen LogP contribution in [0.15, 0.2) is 12.2 Å². The zero-order valence-corrected chi connectivity index (χ0v) is 13.6. The van der Waals surface area contributed by atoms with Crippen LogP contribution in [0.1, 0.15) is 90.4 Å². The molecule has 0 aromatic heterocycles. The van der Waals surface area contributed by atoms with E-state index in [0.717, 1.165) is 38.5 Å². The topological polar surface area (TPSA) is 54.4 Å². The van der Waals surface area contributed by atoms with Gasteiger partial charge in [-0.3, -0.25) is 9.59 Å². The van der Waals surface area contributed by atoms with Gasteiger partial charge in [0, 0.05) is 19.3 Å². The second kappa shape index (κ2) is 15.3. The minimum atomic E-state index is -0.716. The van der Waals surface area contributed by atoms with Gasteiger partial charge in [-0.05, 0) is 25.7 Å². The number of allylic oxidation sites excluding steroid dienone is 2. The molecule has 0 aromatic carbocycles. The maximum absolute atomic E-state index is 11.6. The smallest absolute Gasteiger partial charge is 0.303 e. The summed E-state index contributed by atoms with van der Waals surface area (Å²) in [5.41, 5.74) is 0. The van der Waals surface area contributed by atoms with Crippen LogP contribution in [0, 0.1) is 0 Å². The molecule has 0 spiro atoms. The van der Waals surface area contributed by atoms with E-state index < -0.39 is 5.97 Å². The first kappa shape index (κ1) is 19.9. The zero-order valence-electron chi connectivity index (χ0n) is 13.6. The minimum absolute atomic E-state index is 0.266. The largest absolute Gasteiger partial charge is 0.481 e. The Kier molecular flexibility index (Phi) is 14.5. The van der Waals surface area contributed by atoms with E-state index in [4.69, 9.17) is 5.11 Å². The summed E-state index contributed by atoms with van der Waals surface area (Å²) >= 11 is 0. The molecule has 0 amide bonds. The van der Waals surface area contributed by atoms with Gasteiger partial charge in [0.15, 0.2) is 0 Å². The number of carboxylic acid groups (broad SMARTS) is 1. The van der Waals surface area contributed by atoms with Crippen LogP contribution in [0.5, 0.6) is 0 Å². The van der Waals surface area contributed by atoms with Crippen molar-refractivity contribution in [1.82, 2.24) is 0 Å². The summed E-state index contributed by atoms with van der Waals surface area (Å²) in [5, 5.41) is 8.50. The van der Waals surface area contributed by atoms with Crippen LogP contribution in [-0.2, 0) is 9.59 Å². The fourth-order valence-electron chi connectivity index (χ4n) is 2.25. The summed E-state index contributed by atoms with van der Waals surface area (Å²) in [6.07, 6.45) is 16.6. The third-order valence-electron chi connectivity index (χ3n) is 3.58. The standard InChI is InChI=1S/C18H32O3/c1-2-3-4-5-6-8-11-14-17(19)15-12-9-7-10-13-16-18(20)21/h8,11H,2-7,9-10,12-16H2,1H3,(H,20,21)/b11-8-. The van der Waals surface area contributed by atoms with Crippen LogP contribution in [0.25, 0.3) is 0 Å². The van der Waals surface area contributed by atoms with Gasteiger partial charge in [-0.2, -0.15) is 0 Å². The average Bonchev–Trinajstić information content (AvgIpc) is 2.45. The normalized spacial score (nSPS) is 11.1. The molecule has 122 valence electrons. The summed E-state index contributed by atoms with van der Waals surface area (Å²) in [5.74, 6) is -0.392. The quantitative estimate of drug-likeness (QED) is 0.330.